The van der Waals surface area contributed by atoms with Gasteiger partial charge in [-0.25, -0.2) is 0 Å². The summed E-state index contributed by atoms with van der Waals surface area (Å²) in [4.78, 5) is 2.64. The first-order valence-corrected chi connectivity index (χ1v) is 8.76. The molecule has 2 heteroatoms. The van der Waals surface area contributed by atoms with Crippen molar-refractivity contribution in [3.63, 3.8) is 0 Å². The Hall–Kier alpha value is -0.0800. The molecule has 2 aliphatic rings. The van der Waals surface area contributed by atoms with Crippen molar-refractivity contribution in [1.29, 1.82) is 0 Å². The minimum absolute atomic E-state index is 0.407. The average molecular weight is 266 g/mol. The third kappa shape index (κ3) is 4.75. The molecule has 2 N–H and O–H groups in total. The van der Waals surface area contributed by atoms with Crippen LogP contribution in [0.4, 0.5) is 0 Å². The maximum absolute atomic E-state index is 6.53. The van der Waals surface area contributed by atoms with Gasteiger partial charge < -0.3 is 5.73 Å². The molecule has 19 heavy (non-hydrogen) atoms. The summed E-state index contributed by atoms with van der Waals surface area (Å²) < 4.78 is 0. The lowest BCUT2D eigenvalue weighted by Gasteiger charge is -2.42. The zero-order chi connectivity index (χ0) is 13.5. The zero-order valence-electron chi connectivity index (χ0n) is 12.9. The first-order valence-electron chi connectivity index (χ1n) is 8.76. The van der Waals surface area contributed by atoms with Crippen molar-refractivity contribution >= 4 is 0 Å². The second kappa shape index (κ2) is 8.26. The van der Waals surface area contributed by atoms with Crippen molar-refractivity contribution in [2.75, 3.05) is 7.05 Å². The van der Waals surface area contributed by atoms with Gasteiger partial charge in [-0.05, 0) is 32.7 Å². The predicted octanol–water partition coefficient (Wildman–Crippen LogP) is 4.08. The van der Waals surface area contributed by atoms with Gasteiger partial charge in [-0.3, -0.25) is 4.90 Å². The van der Waals surface area contributed by atoms with Crippen molar-refractivity contribution in [3.05, 3.63) is 0 Å². The van der Waals surface area contributed by atoms with E-state index in [0.29, 0.717) is 12.1 Å². The van der Waals surface area contributed by atoms with Gasteiger partial charge in [0.15, 0.2) is 0 Å². The molecule has 0 bridgehead atoms. The van der Waals surface area contributed by atoms with Crippen LogP contribution in [-0.4, -0.2) is 30.1 Å². The number of likely N-dealkylation sites (N-methyl/N-ethyl adjacent to an activating group) is 1. The first-order chi connectivity index (χ1) is 9.29. The monoisotopic (exact) mass is 266 g/mol. The minimum atomic E-state index is 0.407. The molecule has 2 nitrogen and oxygen atoms in total. The van der Waals surface area contributed by atoms with E-state index in [1.807, 2.05) is 0 Å². The molecule has 0 radical (unpaired) electrons. The molecule has 2 unspecified atom stereocenters. The highest BCUT2D eigenvalue weighted by atomic mass is 15.2. The van der Waals surface area contributed by atoms with Crippen LogP contribution < -0.4 is 5.73 Å². The fourth-order valence-electron chi connectivity index (χ4n) is 3.77. The van der Waals surface area contributed by atoms with Gasteiger partial charge in [-0.2, -0.15) is 0 Å². The predicted molar refractivity (Wildman–Crippen MR) is 83.3 cm³/mol. The lowest BCUT2D eigenvalue weighted by Crippen LogP contribution is -2.52. The van der Waals surface area contributed by atoms with Gasteiger partial charge >= 0.3 is 0 Å². The fourth-order valence-corrected chi connectivity index (χ4v) is 3.77. The second-order valence-electron chi connectivity index (χ2n) is 6.89. The van der Waals surface area contributed by atoms with Crippen LogP contribution in [0.2, 0.25) is 0 Å². The van der Waals surface area contributed by atoms with Crippen molar-refractivity contribution in [1.82, 2.24) is 4.90 Å². The Balaban J connectivity index is 1.86. The molecule has 0 aromatic carbocycles. The van der Waals surface area contributed by atoms with Gasteiger partial charge in [0.1, 0.15) is 0 Å². The summed E-state index contributed by atoms with van der Waals surface area (Å²) >= 11 is 0. The van der Waals surface area contributed by atoms with E-state index < -0.39 is 0 Å². The Bertz CT molecular complexity index is 237. The van der Waals surface area contributed by atoms with E-state index in [0.717, 1.165) is 6.04 Å². The summed E-state index contributed by atoms with van der Waals surface area (Å²) in [6.07, 6.45) is 18.1. The maximum atomic E-state index is 6.53. The summed E-state index contributed by atoms with van der Waals surface area (Å²) in [5, 5.41) is 0. The quantitative estimate of drug-likeness (QED) is 0.816. The molecule has 0 saturated heterocycles. The van der Waals surface area contributed by atoms with Crippen LogP contribution >= 0.6 is 0 Å². The average Bonchev–Trinajstić information content (AvgIpc) is 2.31. The summed E-state index contributed by atoms with van der Waals surface area (Å²) in [6, 6.07) is 1.89. The van der Waals surface area contributed by atoms with Crippen molar-refractivity contribution in [2.45, 2.75) is 102 Å². The van der Waals surface area contributed by atoms with Crippen LogP contribution in [0, 0.1) is 0 Å². The minimum Gasteiger partial charge on any atom is -0.326 e. The van der Waals surface area contributed by atoms with Crippen LogP contribution in [0.25, 0.3) is 0 Å². The van der Waals surface area contributed by atoms with E-state index >= 15 is 0 Å². The molecular weight excluding hydrogens is 232 g/mol. The molecule has 2 rings (SSSR count). The van der Waals surface area contributed by atoms with Crippen molar-refractivity contribution in [2.24, 2.45) is 5.73 Å². The SMILES string of the molecule is CN(C1CCC1)C1CCCCCCCCCCC1N. The van der Waals surface area contributed by atoms with Crippen LogP contribution in [0.1, 0.15) is 83.5 Å². The number of nitrogens with two attached hydrogens (primary N) is 1. The molecule has 0 amide bonds. The summed E-state index contributed by atoms with van der Waals surface area (Å²) in [7, 11) is 2.33. The highest BCUT2D eigenvalue weighted by Crippen LogP contribution is 2.28. The van der Waals surface area contributed by atoms with Crippen molar-refractivity contribution < 1.29 is 0 Å². The lowest BCUT2D eigenvalue weighted by atomic mass is 9.87. The van der Waals surface area contributed by atoms with E-state index in [2.05, 4.69) is 11.9 Å². The standard InChI is InChI=1S/C17H34N2/c1-19(15-11-10-12-15)17-14-9-7-5-3-2-4-6-8-13-16(17)18/h15-17H,2-14,18H2,1H3. The molecule has 0 aliphatic heterocycles. The van der Waals surface area contributed by atoms with E-state index in [9.17, 15) is 0 Å². The Morgan fingerprint density at radius 1 is 0.684 bits per heavy atom. The Labute approximate surface area is 120 Å². The summed E-state index contributed by atoms with van der Waals surface area (Å²) in [6.45, 7) is 0. The molecule has 2 atom stereocenters. The van der Waals surface area contributed by atoms with E-state index in [1.165, 1.54) is 83.5 Å². The van der Waals surface area contributed by atoms with Gasteiger partial charge in [-0.1, -0.05) is 57.8 Å². The summed E-state index contributed by atoms with van der Waals surface area (Å²) in [5.41, 5.74) is 6.53. The van der Waals surface area contributed by atoms with Crippen LogP contribution in [-0.2, 0) is 0 Å². The molecule has 2 fully saturated rings. The zero-order valence-corrected chi connectivity index (χ0v) is 12.9. The van der Waals surface area contributed by atoms with Crippen LogP contribution in [0.5, 0.6) is 0 Å². The van der Waals surface area contributed by atoms with Crippen molar-refractivity contribution in [3.8, 4) is 0 Å². The Kier molecular flexibility index (Phi) is 6.66. The Morgan fingerprint density at radius 3 is 1.74 bits per heavy atom. The molecule has 0 heterocycles. The normalized spacial score (nSPS) is 32.4. The maximum Gasteiger partial charge on any atom is 0.0247 e. The third-order valence-corrected chi connectivity index (χ3v) is 5.46. The van der Waals surface area contributed by atoms with E-state index in [-0.39, 0.29) is 0 Å². The number of hydrogen-bond acceptors (Lipinski definition) is 2. The number of nitrogens with zero attached hydrogens (tertiary/aromatic N) is 1. The van der Waals surface area contributed by atoms with Gasteiger partial charge in [-0.15, -0.1) is 0 Å². The fraction of sp³-hybridized carbons (Fsp3) is 1.00. The number of hydrogen-bond donors (Lipinski definition) is 1. The molecule has 0 aromatic heterocycles. The molecule has 2 saturated carbocycles. The molecule has 112 valence electrons. The molecule has 2 aliphatic carbocycles. The molecular formula is C17H34N2. The summed E-state index contributed by atoms with van der Waals surface area (Å²) in [5.74, 6) is 0. The van der Waals surface area contributed by atoms with Crippen LogP contribution in [0.15, 0.2) is 0 Å². The van der Waals surface area contributed by atoms with Gasteiger partial charge in [0.2, 0.25) is 0 Å². The smallest absolute Gasteiger partial charge is 0.0247 e. The third-order valence-electron chi connectivity index (χ3n) is 5.46. The largest absolute Gasteiger partial charge is 0.326 e. The van der Waals surface area contributed by atoms with E-state index in [1.54, 1.807) is 0 Å². The number of rotatable bonds is 2. The van der Waals surface area contributed by atoms with E-state index in [4.69, 9.17) is 5.73 Å². The molecule has 0 aromatic rings. The highest BCUT2D eigenvalue weighted by molar-refractivity contribution is 4.88. The van der Waals surface area contributed by atoms with Gasteiger partial charge in [0.05, 0.1) is 0 Å². The molecule has 0 spiro atoms. The first kappa shape index (κ1) is 15.3. The lowest BCUT2D eigenvalue weighted by molar-refractivity contribution is 0.0855. The van der Waals surface area contributed by atoms with Crippen LogP contribution in [0.3, 0.4) is 0 Å². The van der Waals surface area contributed by atoms with Gasteiger partial charge in [0, 0.05) is 18.1 Å². The van der Waals surface area contributed by atoms with Gasteiger partial charge in [0.25, 0.3) is 0 Å². The second-order valence-corrected chi connectivity index (χ2v) is 6.89. The highest BCUT2D eigenvalue weighted by Gasteiger charge is 2.30. The topological polar surface area (TPSA) is 29.3 Å². The Morgan fingerprint density at radius 2 is 1.21 bits per heavy atom.